The molecule has 23 heavy (non-hydrogen) atoms. The number of aromatic nitrogens is 3. The Morgan fingerprint density at radius 3 is 2.57 bits per heavy atom. The first-order chi connectivity index (χ1) is 11.0. The minimum absolute atomic E-state index is 0.237. The molecule has 2 aromatic heterocycles. The summed E-state index contributed by atoms with van der Waals surface area (Å²) in [5.74, 6) is 1.81. The fourth-order valence-electron chi connectivity index (χ4n) is 2.59. The number of hydrogen-bond donors (Lipinski definition) is 0. The summed E-state index contributed by atoms with van der Waals surface area (Å²) >= 11 is 1.57. The van der Waals surface area contributed by atoms with Crippen LogP contribution in [0.5, 0.6) is 0 Å². The van der Waals surface area contributed by atoms with Crippen LogP contribution in [-0.4, -0.2) is 21.6 Å². The zero-order valence-electron chi connectivity index (χ0n) is 13.7. The van der Waals surface area contributed by atoms with E-state index in [1.165, 1.54) is 12.1 Å². The van der Waals surface area contributed by atoms with Crippen LogP contribution in [0.25, 0.3) is 11.3 Å². The highest BCUT2D eigenvalue weighted by Gasteiger charge is 2.18. The molecule has 6 heteroatoms. The van der Waals surface area contributed by atoms with Crippen molar-refractivity contribution in [1.82, 2.24) is 14.5 Å². The van der Waals surface area contributed by atoms with Crippen LogP contribution in [0.15, 0.2) is 29.6 Å². The first kappa shape index (κ1) is 15.7. The molecule has 0 fully saturated rings. The van der Waals surface area contributed by atoms with Gasteiger partial charge >= 0.3 is 0 Å². The molecule has 3 rings (SSSR count). The summed E-state index contributed by atoms with van der Waals surface area (Å²) in [6.45, 7) is 4.10. The average Bonchev–Trinajstić information content (AvgIpc) is 3.13. The molecule has 0 N–H and O–H groups in total. The second kappa shape index (κ2) is 6.12. The SMILES string of the molecule is CCc1nc(C)n(C)c1N(C)c1nc(-c2ccc(F)cc2)cs1. The number of thiazole rings is 1. The largest absolute Gasteiger partial charge is 0.318 e. The predicted molar refractivity (Wildman–Crippen MR) is 92.9 cm³/mol. The molecular weight excluding hydrogens is 311 g/mol. The molecule has 0 aliphatic rings. The number of aryl methyl sites for hydroxylation is 2. The van der Waals surface area contributed by atoms with Crippen molar-refractivity contribution in [3.63, 3.8) is 0 Å². The van der Waals surface area contributed by atoms with Crippen molar-refractivity contribution < 1.29 is 4.39 Å². The number of benzene rings is 1. The molecule has 4 nitrogen and oxygen atoms in total. The van der Waals surface area contributed by atoms with E-state index in [1.807, 2.05) is 26.4 Å². The molecule has 0 atom stereocenters. The summed E-state index contributed by atoms with van der Waals surface area (Å²) in [6.07, 6.45) is 0.873. The maximum Gasteiger partial charge on any atom is 0.191 e. The molecule has 0 saturated carbocycles. The lowest BCUT2D eigenvalue weighted by molar-refractivity contribution is 0.628. The number of imidazole rings is 1. The highest BCUT2D eigenvalue weighted by molar-refractivity contribution is 7.14. The summed E-state index contributed by atoms with van der Waals surface area (Å²) in [5, 5.41) is 2.88. The lowest BCUT2D eigenvalue weighted by Gasteiger charge is -2.18. The van der Waals surface area contributed by atoms with E-state index in [0.29, 0.717) is 0 Å². The van der Waals surface area contributed by atoms with Gasteiger partial charge in [-0.15, -0.1) is 11.3 Å². The van der Waals surface area contributed by atoms with Crippen molar-refractivity contribution in [3.05, 3.63) is 47.0 Å². The van der Waals surface area contributed by atoms with Crippen molar-refractivity contribution in [3.8, 4) is 11.3 Å². The fraction of sp³-hybridized carbons (Fsp3) is 0.294. The van der Waals surface area contributed by atoms with E-state index in [4.69, 9.17) is 4.98 Å². The van der Waals surface area contributed by atoms with Crippen molar-refractivity contribution in [2.24, 2.45) is 7.05 Å². The summed E-state index contributed by atoms with van der Waals surface area (Å²) in [7, 11) is 4.02. The molecule has 0 bridgehead atoms. The molecule has 0 aliphatic carbocycles. The standard InChI is InChI=1S/C17H19FN4S/c1-5-14-16(21(3)11(2)19-14)22(4)17-20-15(10-23-17)12-6-8-13(18)9-7-12/h6-10H,5H2,1-4H3. The summed E-state index contributed by atoms with van der Waals surface area (Å²) in [5.41, 5.74) is 2.83. The van der Waals surface area contributed by atoms with Gasteiger partial charge in [0.1, 0.15) is 17.5 Å². The van der Waals surface area contributed by atoms with Gasteiger partial charge in [-0.3, -0.25) is 0 Å². The quantitative estimate of drug-likeness (QED) is 0.714. The topological polar surface area (TPSA) is 34.0 Å². The summed E-state index contributed by atoms with van der Waals surface area (Å²) < 4.78 is 15.1. The van der Waals surface area contributed by atoms with E-state index >= 15 is 0 Å². The Hall–Kier alpha value is -2.21. The third-order valence-corrected chi connectivity index (χ3v) is 4.85. The Bertz CT molecular complexity index is 820. The Kier molecular flexibility index (Phi) is 4.17. The van der Waals surface area contributed by atoms with E-state index < -0.39 is 0 Å². The Balaban J connectivity index is 1.95. The first-order valence-electron chi connectivity index (χ1n) is 7.48. The minimum Gasteiger partial charge on any atom is -0.318 e. The Labute approximate surface area is 139 Å². The van der Waals surface area contributed by atoms with Gasteiger partial charge in [0.15, 0.2) is 5.13 Å². The monoisotopic (exact) mass is 330 g/mol. The number of rotatable bonds is 4. The van der Waals surface area contributed by atoms with E-state index in [-0.39, 0.29) is 5.82 Å². The Morgan fingerprint density at radius 1 is 1.22 bits per heavy atom. The van der Waals surface area contributed by atoms with Crippen LogP contribution in [0.4, 0.5) is 15.3 Å². The van der Waals surface area contributed by atoms with Crippen LogP contribution in [0.3, 0.4) is 0 Å². The molecule has 0 amide bonds. The maximum absolute atomic E-state index is 13.1. The van der Waals surface area contributed by atoms with E-state index in [0.717, 1.165) is 40.1 Å². The lowest BCUT2D eigenvalue weighted by atomic mass is 10.2. The van der Waals surface area contributed by atoms with Crippen molar-refractivity contribution in [2.45, 2.75) is 20.3 Å². The van der Waals surface area contributed by atoms with Crippen molar-refractivity contribution in [1.29, 1.82) is 0 Å². The van der Waals surface area contributed by atoms with Crippen LogP contribution >= 0.6 is 11.3 Å². The van der Waals surface area contributed by atoms with Crippen molar-refractivity contribution in [2.75, 3.05) is 11.9 Å². The first-order valence-corrected chi connectivity index (χ1v) is 8.36. The fourth-order valence-corrected chi connectivity index (χ4v) is 3.39. The summed E-state index contributed by atoms with van der Waals surface area (Å²) in [4.78, 5) is 11.4. The van der Waals surface area contributed by atoms with Gasteiger partial charge < -0.3 is 9.47 Å². The zero-order valence-corrected chi connectivity index (χ0v) is 14.5. The molecule has 0 spiro atoms. The van der Waals surface area contributed by atoms with Gasteiger partial charge in [0, 0.05) is 25.0 Å². The van der Waals surface area contributed by atoms with Gasteiger partial charge in [-0.25, -0.2) is 14.4 Å². The average molecular weight is 330 g/mol. The molecule has 0 radical (unpaired) electrons. The van der Waals surface area contributed by atoms with Crippen LogP contribution < -0.4 is 4.90 Å². The van der Waals surface area contributed by atoms with Crippen molar-refractivity contribution >= 4 is 22.3 Å². The zero-order chi connectivity index (χ0) is 16.6. The predicted octanol–water partition coefficient (Wildman–Crippen LogP) is 4.32. The van der Waals surface area contributed by atoms with E-state index in [1.54, 1.807) is 23.5 Å². The molecule has 0 saturated heterocycles. The third-order valence-electron chi connectivity index (χ3n) is 3.93. The highest BCUT2D eigenvalue weighted by atomic mass is 32.1. The smallest absolute Gasteiger partial charge is 0.191 e. The summed E-state index contributed by atoms with van der Waals surface area (Å²) in [6, 6.07) is 6.41. The second-order valence-corrected chi connectivity index (χ2v) is 6.26. The number of halogens is 1. The Morgan fingerprint density at radius 2 is 1.91 bits per heavy atom. The van der Waals surface area contributed by atoms with Crippen LogP contribution in [0.2, 0.25) is 0 Å². The molecule has 120 valence electrons. The maximum atomic E-state index is 13.1. The van der Waals surface area contributed by atoms with Crippen LogP contribution in [0, 0.1) is 12.7 Å². The van der Waals surface area contributed by atoms with Crippen LogP contribution in [0.1, 0.15) is 18.4 Å². The molecule has 0 aliphatic heterocycles. The van der Waals surface area contributed by atoms with E-state index in [9.17, 15) is 4.39 Å². The molecule has 2 heterocycles. The number of nitrogens with zero attached hydrogens (tertiary/aromatic N) is 4. The lowest BCUT2D eigenvalue weighted by Crippen LogP contribution is -2.15. The molecule has 3 aromatic rings. The molecular formula is C17H19FN4S. The molecule has 1 aromatic carbocycles. The number of hydrogen-bond acceptors (Lipinski definition) is 4. The molecule has 0 unspecified atom stereocenters. The van der Waals surface area contributed by atoms with Gasteiger partial charge in [0.05, 0.1) is 11.4 Å². The van der Waals surface area contributed by atoms with Gasteiger partial charge in [-0.1, -0.05) is 6.92 Å². The highest BCUT2D eigenvalue weighted by Crippen LogP contribution is 2.33. The van der Waals surface area contributed by atoms with Gasteiger partial charge in [0.25, 0.3) is 0 Å². The van der Waals surface area contributed by atoms with Crippen LogP contribution in [-0.2, 0) is 13.5 Å². The van der Waals surface area contributed by atoms with Gasteiger partial charge in [0.2, 0.25) is 0 Å². The van der Waals surface area contributed by atoms with Gasteiger partial charge in [-0.05, 0) is 37.6 Å². The minimum atomic E-state index is -0.237. The number of anilines is 2. The third kappa shape index (κ3) is 2.86. The van der Waals surface area contributed by atoms with Gasteiger partial charge in [-0.2, -0.15) is 0 Å². The second-order valence-electron chi connectivity index (χ2n) is 5.42. The normalized spacial score (nSPS) is 11.0. The van der Waals surface area contributed by atoms with E-state index in [2.05, 4.69) is 21.4 Å².